The number of nitro groups is 1. The number of nitro benzene ring substituents is 1. The number of hydrogen-bond acceptors (Lipinski definition) is 6. The van der Waals surface area contributed by atoms with E-state index >= 15 is 0 Å². The van der Waals surface area contributed by atoms with Crippen molar-refractivity contribution in [2.24, 2.45) is 0 Å². The Labute approximate surface area is 206 Å². The number of fused-ring (bicyclic) bond motifs is 3. The average Bonchev–Trinajstić information content (AvgIpc) is 3.59. The van der Waals surface area contributed by atoms with Crippen molar-refractivity contribution < 1.29 is 14.1 Å². The molecule has 6 rings (SSSR count). The second-order valence-corrected chi connectivity index (χ2v) is 8.81. The lowest BCUT2D eigenvalue weighted by atomic mass is 10.1. The molecule has 1 saturated heterocycles. The minimum Gasteiger partial charge on any atom is -0.435 e. The molecule has 0 bridgehead atoms. The molecule has 8 heteroatoms. The molecule has 1 aromatic heterocycles. The van der Waals surface area contributed by atoms with Crippen LogP contribution in [0.3, 0.4) is 0 Å². The van der Waals surface area contributed by atoms with E-state index in [4.69, 9.17) is 4.42 Å². The van der Waals surface area contributed by atoms with E-state index in [1.165, 1.54) is 6.07 Å². The van der Waals surface area contributed by atoms with Crippen molar-refractivity contribution in [2.75, 3.05) is 23.3 Å². The van der Waals surface area contributed by atoms with Gasteiger partial charge in [0, 0.05) is 30.1 Å². The van der Waals surface area contributed by atoms with Crippen LogP contribution in [-0.4, -0.2) is 28.9 Å². The molecule has 36 heavy (non-hydrogen) atoms. The fraction of sp³-hybridized carbons (Fsp3) is 0.143. The summed E-state index contributed by atoms with van der Waals surface area (Å²) in [5.41, 5.74) is 3.22. The van der Waals surface area contributed by atoms with Gasteiger partial charge in [0.2, 0.25) is 5.89 Å². The van der Waals surface area contributed by atoms with Crippen LogP contribution in [-0.2, 0) is 0 Å². The first-order valence-corrected chi connectivity index (χ1v) is 11.8. The highest BCUT2D eigenvalue weighted by Crippen LogP contribution is 2.35. The molecule has 5 aromatic rings. The molecular weight excluding hydrogens is 456 g/mol. The quantitative estimate of drug-likeness (QED) is 0.231. The predicted molar refractivity (Wildman–Crippen MR) is 139 cm³/mol. The highest BCUT2D eigenvalue weighted by atomic mass is 16.6. The van der Waals surface area contributed by atoms with E-state index in [-0.39, 0.29) is 11.3 Å². The number of carbonyl (C=O) groups is 1. The summed E-state index contributed by atoms with van der Waals surface area (Å²) in [5, 5.41) is 16.7. The number of nitrogens with zero attached hydrogens (tertiary/aromatic N) is 3. The van der Waals surface area contributed by atoms with E-state index in [0.29, 0.717) is 28.4 Å². The first-order chi connectivity index (χ1) is 17.6. The molecule has 0 spiro atoms. The molecule has 0 saturated carbocycles. The van der Waals surface area contributed by atoms with E-state index in [9.17, 15) is 14.9 Å². The lowest BCUT2D eigenvalue weighted by Crippen LogP contribution is -2.20. The zero-order valence-corrected chi connectivity index (χ0v) is 19.3. The van der Waals surface area contributed by atoms with Gasteiger partial charge in [0.05, 0.1) is 16.2 Å². The molecule has 1 amide bonds. The lowest BCUT2D eigenvalue weighted by molar-refractivity contribution is -0.384. The standard InChI is InChI=1S/C28H22N4O4/c33-27(19-12-14-24(25(17-19)32(34)35)31-15-5-6-16-31)29-22-10-4-3-9-21(22)28-30-23-13-11-18-7-1-2-8-20(18)26(23)36-28/h1-4,7-14,17H,5-6,15-16H2,(H,29,33). The smallest absolute Gasteiger partial charge is 0.293 e. The molecule has 1 N–H and O–H groups in total. The summed E-state index contributed by atoms with van der Waals surface area (Å²) in [6, 6.07) is 23.7. The van der Waals surface area contributed by atoms with Crippen molar-refractivity contribution in [2.45, 2.75) is 12.8 Å². The lowest BCUT2D eigenvalue weighted by Gasteiger charge is -2.18. The Morgan fingerprint density at radius 2 is 1.75 bits per heavy atom. The predicted octanol–water partition coefficient (Wildman–Crippen LogP) is 6.41. The van der Waals surface area contributed by atoms with Crippen molar-refractivity contribution in [3.05, 3.63) is 94.5 Å². The van der Waals surface area contributed by atoms with Crippen molar-refractivity contribution in [1.29, 1.82) is 0 Å². The number of amides is 1. The topological polar surface area (TPSA) is 102 Å². The summed E-state index contributed by atoms with van der Waals surface area (Å²) >= 11 is 0. The van der Waals surface area contributed by atoms with Crippen LogP contribution in [0.25, 0.3) is 33.3 Å². The molecule has 0 unspecified atom stereocenters. The Kier molecular flexibility index (Phi) is 5.33. The number of carbonyl (C=O) groups excluding carboxylic acids is 1. The van der Waals surface area contributed by atoms with Crippen LogP contribution >= 0.6 is 0 Å². The molecule has 8 nitrogen and oxygen atoms in total. The SMILES string of the molecule is O=C(Nc1ccccc1-c1nc2ccc3ccccc3c2o1)c1ccc(N2CCCC2)c([N+](=O)[O-])c1. The summed E-state index contributed by atoms with van der Waals surface area (Å²) in [4.78, 5) is 31.1. The summed E-state index contributed by atoms with van der Waals surface area (Å²) in [7, 11) is 0. The molecule has 0 atom stereocenters. The maximum atomic E-state index is 13.2. The molecule has 0 radical (unpaired) electrons. The van der Waals surface area contributed by atoms with Gasteiger partial charge >= 0.3 is 0 Å². The van der Waals surface area contributed by atoms with E-state index in [1.807, 2.05) is 53.4 Å². The van der Waals surface area contributed by atoms with Crippen molar-refractivity contribution in [3.63, 3.8) is 0 Å². The van der Waals surface area contributed by atoms with Gasteiger partial charge in [-0.15, -0.1) is 0 Å². The molecule has 2 heterocycles. The summed E-state index contributed by atoms with van der Waals surface area (Å²) < 4.78 is 6.16. The fourth-order valence-corrected chi connectivity index (χ4v) is 4.78. The minimum atomic E-state index is -0.444. The normalized spacial score (nSPS) is 13.4. The monoisotopic (exact) mass is 478 g/mol. The largest absolute Gasteiger partial charge is 0.435 e. The Hall–Kier alpha value is -4.72. The van der Waals surface area contributed by atoms with Gasteiger partial charge in [-0.05, 0) is 48.6 Å². The highest BCUT2D eigenvalue weighted by Gasteiger charge is 2.24. The maximum Gasteiger partial charge on any atom is 0.293 e. The summed E-state index contributed by atoms with van der Waals surface area (Å²) in [6.07, 6.45) is 2.00. The second kappa shape index (κ2) is 8.81. The van der Waals surface area contributed by atoms with Crippen LogP contribution < -0.4 is 10.2 Å². The number of benzene rings is 4. The third kappa shape index (κ3) is 3.82. The van der Waals surface area contributed by atoms with E-state index in [0.717, 1.165) is 42.2 Å². The van der Waals surface area contributed by atoms with Gasteiger partial charge in [-0.1, -0.05) is 42.5 Å². The minimum absolute atomic E-state index is 0.0661. The number of aromatic nitrogens is 1. The van der Waals surface area contributed by atoms with Gasteiger partial charge in [-0.2, -0.15) is 0 Å². The number of nitrogens with one attached hydrogen (secondary N) is 1. The molecule has 0 aliphatic carbocycles. The van der Waals surface area contributed by atoms with Gasteiger partial charge in [-0.25, -0.2) is 4.98 Å². The van der Waals surface area contributed by atoms with Crippen molar-refractivity contribution in [1.82, 2.24) is 4.98 Å². The molecule has 1 aliphatic rings. The molecular formula is C28H22N4O4. The molecule has 1 fully saturated rings. The van der Waals surface area contributed by atoms with Crippen LogP contribution in [0.15, 0.2) is 83.3 Å². The van der Waals surface area contributed by atoms with E-state index in [2.05, 4.69) is 10.3 Å². The Balaban J connectivity index is 1.34. The van der Waals surface area contributed by atoms with E-state index < -0.39 is 10.8 Å². The number of oxazole rings is 1. The Morgan fingerprint density at radius 3 is 2.58 bits per heavy atom. The fourth-order valence-electron chi connectivity index (χ4n) is 4.78. The van der Waals surface area contributed by atoms with Crippen molar-refractivity contribution >= 4 is 44.8 Å². The van der Waals surface area contributed by atoms with Gasteiger partial charge in [0.15, 0.2) is 5.58 Å². The first kappa shape index (κ1) is 21.8. The Bertz CT molecular complexity index is 1640. The van der Waals surface area contributed by atoms with Crippen LogP contribution in [0.5, 0.6) is 0 Å². The highest BCUT2D eigenvalue weighted by molar-refractivity contribution is 6.07. The summed E-state index contributed by atoms with van der Waals surface area (Å²) in [5.74, 6) is -0.0623. The molecule has 1 aliphatic heterocycles. The van der Waals surface area contributed by atoms with Gasteiger partial charge in [0.25, 0.3) is 11.6 Å². The first-order valence-electron chi connectivity index (χ1n) is 11.8. The van der Waals surface area contributed by atoms with Crippen molar-refractivity contribution in [3.8, 4) is 11.5 Å². The number of anilines is 2. The third-order valence-electron chi connectivity index (χ3n) is 6.57. The average molecular weight is 479 g/mol. The summed E-state index contributed by atoms with van der Waals surface area (Å²) in [6.45, 7) is 1.55. The zero-order chi connectivity index (χ0) is 24.6. The Morgan fingerprint density at radius 1 is 0.972 bits per heavy atom. The van der Waals surface area contributed by atoms with E-state index in [1.54, 1.807) is 24.3 Å². The zero-order valence-electron chi connectivity index (χ0n) is 19.3. The number of rotatable bonds is 5. The maximum absolute atomic E-state index is 13.2. The number of hydrogen-bond donors (Lipinski definition) is 1. The van der Waals surface area contributed by atoms with Gasteiger partial charge in [-0.3, -0.25) is 14.9 Å². The van der Waals surface area contributed by atoms with Crippen LogP contribution in [0, 0.1) is 10.1 Å². The molecule has 178 valence electrons. The van der Waals surface area contributed by atoms with Crippen LogP contribution in [0.2, 0.25) is 0 Å². The van der Waals surface area contributed by atoms with Gasteiger partial charge in [0.1, 0.15) is 11.2 Å². The van der Waals surface area contributed by atoms with Gasteiger partial charge < -0.3 is 14.6 Å². The second-order valence-electron chi connectivity index (χ2n) is 8.81. The number of para-hydroxylation sites is 1. The van der Waals surface area contributed by atoms with Crippen LogP contribution in [0.1, 0.15) is 23.2 Å². The van der Waals surface area contributed by atoms with Crippen LogP contribution in [0.4, 0.5) is 17.1 Å². The molecule has 4 aromatic carbocycles. The third-order valence-corrected chi connectivity index (χ3v) is 6.57.